The zero-order chi connectivity index (χ0) is 15.2. The molecule has 1 aromatic carbocycles. The Balaban J connectivity index is 1.87. The van der Waals surface area contributed by atoms with Gasteiger partial charge in [0.2, 0.25) is 5.91 Å². The molecule has 0 saturated carbocycles. The Bertz CT molecular complexity index is 585. The van der Waals surface area contributed by atoms with Gasteiger partial charge in [0.1, 0.15) is 11.5 Å². The molecule has 0 bridgehead atoms. The maximum absolute atomic E-state index is 11.0. The number of amides is 1. The molecular weight excluding hydrogens is 264 g/mol. The summed E-state index contributed by atoms with van der Waals surface area (Å²) in [6.45, 7) is 2.33. The lowest BCUT2D eigenvalue weighted by Gasteiger charge is -2.06. The second-order valence-corrected chi connectivity index (χ2v) is 5.48. The largest absolute Gasteiger partial charge is 0.465 e. The average Bonchev–Trinajstić information content (AvgIpc) is 2.84. The SMILES string of the molecule is CC(=O)Nc1ccc(CCc2ccc(CN(C)C)o2)cc1. The monoisotopic (exact) mass is 286 g/mol. The highest BCUT2D eigenvalue weighted by Gasteiger charge is 2.04. The Morgan fingerprint density at radius 1 is 1.05 bits per heavy atom. The zero-order valence-electron chi connectivity index (χ0n) is 12.8. The summed E-state index contributed by atoms with van der Waals surface area (Å²) < 4.78 is 5.79. The van der Waals surface area contributed by atoms with Gasteiger partial charge >= 0.3 is 0 Å². The van der Waals surface area contributed by atoms with Gasteiger partial charge < -0.3 is 14.6 Å². The summed E-state index contributed by atoms with van der Waals surface area (Å²) in [4.78, 5) is 13.0. The fourth-order valence-corrected chi connectivity index (χ4v) is 2.18. The topological polar surface area (TPSA) is 45.5 Å². The van der Waals surface area contributed by atoms with Crippen LogP contribution in [-0.4, -0.2) is 24.9 Å². The minimum Gasteiger partial charge on any atom is -0.465 e. The highest BCUT2D eigenvalue weighted by molar-refractivity contribution is 5.88. The van der Waals surface area contributed by atoms with Crippen molar-refractivity contribution < 1.29 is 9.21 Å². The van der Waals surface area contributed by atoms with Gasteiger partial charge in [0, 0.05) is 19.0 Å². The first-order valence-corrected chi connectivity index (χ1v) is 7.12. The Labute approximate surface area is 125 Å². The summed E-state index contributed by atoms with van der Waals surface area (Å²) in [6, 6.07) is 12.0. The van der Waals surface area contributed by atoms with E-state index in [0.29, 0.717) is 0 Å². The number of hydrogen-bond acceptors (Lipinski definition) is 3. The first kappa shape index (κ1) is 15.3. The average molecular weight is 286 g/mol. The Kier molecular flexibility index (Phi) is 5.17. The van der Waals surface area contributed by atoms with E-state index < -0.39 is 0 Å². The van der Waals surface area contributed by atoms with Gasteiger partial charge in [0.05, 0.1) is 6.54 Å². The van der Waals surface area contributed by atoms with Crippen LogP contribution in [0.1, 0.15) is 24.0 Å². The number of benzene rings is 1. The van der Waals surface area contributed by atoms with Crippen LogP contribution in [0.2, 0.25) is 0 Å². The molecule has 1 heterocycles. The molecule has 0 atom stereocenters. The van der Waals surface area contributed by atoms with Crippen molar-refractivity contribution in [2.45, 2.75) is 26.3 Å². The highest BCUT2D eigenvalue weighted by atomic mass is 16.3. The smallest absolute Gasteiger partial charge is 0.221 e. The molecule has 21 heavy (non-hydrogen) atoms. The highest BCUT2D eigenvalue weighted by Crippen LogP contribution is 2.14. The normalized spacial score (nSPS) is 10.9. The molecule has 112 valence electrons. The summed E-state index contributed by atoms with van der Waals surface area (Å²) in [5.41, 5.74) is 2.06. The lowest BCUT2D eigenvalue weighted by molar-refractivity contribution is -0.114. The van der Waals surface area contributed by atoms with E-state index in [9.17, 15) is 4.79 Å². The van der Waals surface area contributed by atoms with Gasteiger partial charge in [-0.2, -0.15) is 0 Å². The molecule has 0 radical (unpaired) electrons. The summed E-state index contributed by atoms with van der Waals surface area (Å²) in [6.07, 6.45) is 1.81. The number of nitrogens with one attached hydrogen (secondary N) is 1. The van der Waals surface area contributed by atoms with Gasteiger partial charge in [0.25, 0.3) is 0 Å². The number of carbonyl (C=O) groups excluding carboxylic acids is 1. The first-order chi connectivity index (χ1) is 10.0. The number of anilines is 1. The lowest BCUT2D eigenvalue weighted by atomic mass is 10.1. The fraction of sp³-hybridized carbons (Fsp3) is 0.353. The first-order valence-electron chi connectivity index (χ1n) is 7.12. The molecule has 0 aliphatic heterocycles. The summed E-state index contributed by atoms with van der Waals surface area (Å²) in [5.74, 6) is 1.96. The van der Waals surface area contributed by atoms with Crippen LogP contribution >= 0.6 is 0 Å². The molecular formula is C17H22N2O2. The number of rotatable bonds is 6. The zero-order valence-corrected chi connectivity index (χ0v) is 12.8. The maximum Gasteiger partial charge on any atom is 0.221 e. The number of nitrogens with zero attached hydrogens (tertiary/aromatic N) is 1. The molecule has 1 aromatic heterocycles. The van der Waals surface area contributed by atoms with E-state index in [4.69, 9.17) is 4.42 Å². The molecule has 0 aliphatic carbocycles. The van der Waals surface area contributed by atoms with Crippen molar-refractivity contribution in [2.24, 2.45) is 0 Å². The van der Waals surface area contributed by atoms with E-state index in [-0.39, 0.29) is 5.91 Å². The fourth-order valence-electron chi connectivity index (χ4n) is 2.18. The second kappa shape index (κ2) is 7.09. The summed E-state index contributed by atoms with van der Waals surface area (Å²) in [7, 11) is 4.05. The molecule has 1 amide bonds. The van der Waals surface area contributed by atoms with Crippen molar-refractivity contribution in [3.63, 3.8) is 0 Å². The van der Waals surface area contributed by atoms with E-state index in [1.807, 2.05) is 50.5 Å². The third-order valence-electron chi connectivity index (χ3n) is 3.12. The standard InChI is InChI=1S/C17H22N2O2/c1-13(20)18-15-7-4-14(5-8-15)6-9-16-10-11-17(21-16)12-19(2)3/h4-5,7-8,10-11H,6,9,12H2,1-3H3,(H,18,20). The molecule has 1 N–H and O–H groups in total. The number of furan rings is 1. The molecule has 0 spiro atoms. The van der Waals surface area contributed by atoms with Crippen molar-refractivity contribution in [1.29, 1.82) is 0 Å². The summed E-state index contributed by atoms with van der Waals surface area (Å²) >= 11 is 0. The van der Waals surface area contributed by atoms with Gasteiger partial charge in [-0.15, -0.1) is 0 Å². The Hall–Kier alpha value is -2.07. The van der Waals surface area contributed by atoms with Crippen molar-refractivity contribution in [3.05, 3.63) is 53.5 Å². The minimum atomic E-state index is -0.0493. The van der Waals surface area contributed by atoms with Crippen molar-refractivity contribution in [3.8, 4) is 0 Å². The van der Waals surface area contributed by atoms with E-state index in [1.54, 1.807) is 0 Å². The van der Waals surface area contributed by atoms with Gasteiger partial charge in [-0.3, -0.25) is 4.79 Å². The van der Waals surface area contributed by atoms with Gasteiger partial charge in [-0.1, -0.05) is 12.1 Å². The van der Waals surface area contributed by atoms with Crippen molar-refractivity contribution in [1.82, 2.24) is 4.90 Å². The predicted molar refractivity (Wildman–Crippen MR) is 84.3 cm³/mol. The van der Waals surface area contributed by atoms with E-state index in [1.165, 1.54) is 12.5 Å². The van der Waals surface area contributed by atoms with Crippen LogP contribution in [0.5, 0.6) is 0 Å². The molecule has 0 unspecified atom stereocenters. The van der Waals surface area contributed by atoms with Gasteiger partial charge in [0.15, 0.2) is 0 Å². The maximum atomic E-state index is 11.0. The van der Waals surface area contributed by atoms with Gasteiger partial charge in [-0.25, -0.2) is 0 Å². The lowest BCUT2D eigenvalue weighted by Crippen LogP contribution is -2.09. The number of hydrogen-bond donors (Lipinski definition) is 1. The van der Waals surface area contributed by atoms with E-state index in [2.05, 4.69) is 10.2 Å². The molecule has 4 nitrogen and oxygen atoms in total. The second-order valence-electron chi connectivity index (χ2n) is 5.48. The quantitative estimate of drug-likeness (QED) is 0.887. The molecule has 4 heteroatoms. The van der Waals surface area contributed by atoms with E-state index >= 15 is 0 Å². The molecule has 0 saturated heterocycles. The van der Waals surface area contributed by atoms with Crippen LogP contribution in [0, 0.1) is 0 Å². The minimum absolute atomic E-state index is 0.0493. The molecule has 2 aromatic rings. The van der Waals surface area contributed by atoms with Crippen LogP contribution in [-0.2, 0) is 24.2 Å². The third kappa shape index (κ3) is 5.08. The van der Waals surface area contributed by atoms with E-state index in [0.717, 1.165) is 36.6 Å². The van der Waals surface area contributed by atoms with Crippen LogP contribution in [0.4, 0.5) is 5.69 Å². The van der Waals surface area contributed by atoms with Crippen LogP contribution in [0.15, 0.2) is 40.8 Å². The number of carbonyl (C=O) groups is 1. The Morgan fingerprint density at radius 2 is 1.71 bits per heavy atom. The van der Waals surface area contributed by atoms with Crippen LogP contribution in [0.3, 0.4) is 0 Å². The number of aryl methyl sites for hydroxylation is 2. The molecule has 0 fully saturated rings. The van der Waals surface area contributed by atoms with Gasteiger partial charge in [-0.05, 0) is 50.3 Å². The molecule has 2 rings (SSSR count). The third-order valence-corrected chi connectivity index (χ3v) is 3.12. The van der Waals surface area contributed by atoms with Crippen LogP contribution < -0.4 is 5.32 Å². The van der Waals surface area contributed by atoms with Crippen molar-refractivity contribution >= 4 is 11.6 Å². The van der Waals surface area contributed by atoms with Crippen molar-refractivity contribution in [2.75, 3.05) is 19.4 Å². The predicted octanol–water partition coefficient (Wildman–Crippen LogP) is 3.08. The Morgan fingerprint density at radius 3 is 2.33 bits per heavy atom. The molecule has 0 aliphatic rings. The summed E-state index contributed by atoms with van der Waals surface area (Å²) in [5, 5.41) is 2.77. The van der Waals surface area contributed by atoms with Crippen LogP contribution in [0.25, 0.3) is 0 Å².